The Kier molecular flexibility index (Phi) is 2.96. The number of hydrogen-bond acceptors (Lipinski definition) is 1. The molecule has 1 heterocycles. The van der Waals surface area contributed by atoms with Crippen LogP contribution >= 0.6 is 0 Å². The van der Waals surface area contributed by atoms with Crippen molar-refractivity contribution in [3.63, 3.8) is 0 Å². The quantitative estimate of drug-likeness (QED) is 0.868. The average molecular weight is 235 g/mol. The second-order valence-electron chi connectivity index (χ2n) is 5.05. The highest BCUT2D eigenvalue weighted by atomic mass is 19.1. The number of hydrogen-bond donors (Lipinski definition) is 1. The largest absolute Gasteiger partial charge is 0.390 e. The summed E-state index contributed by atoms with van der Waals surface area (Å²) in [6.07, 6.45) is 0.523. The van der Waals surface area contributed by atoms with Gasteiger partial charge in [0.05, 0.1) is 11.1 Å². The Morgan fingerprint density at radius 1 is 1.35 bits per heavy atom. The molecule has 0 unspecified atom stereocenters. The van der Waals surface area contributed by atoms with Gasteiger partial charge in [-0.05, 0) is 32.9 Å². The molecule has 17 heavy (non-hydrogen) atoms. The van der Waals surface area contributed by atoms with Gasteiger partial charge in [0, 0.05) is 24.0 Å². The fraction of sp³-hybridized carbons (Fsp3) is 0.429. The zero-order valence-corrected chi connectivity index (χ0v) is 10.5. The summed E-state index contributed by atoms with van der Waals surface area (Å²) in [4.78, 5) is 0. The van der Waals surface area contributed by atoms with E-state index in [0.717, 1.165) is 11.1 Å². The second-order valence-corrected chi connectivity index (χ2v) is 5.05. The van der Waals surface area contributed by atoms with Gasteiger partial charge in [-0.15, -0.1) is 0 Å². The van der Waals surface area contributed by atoms with Crippen LogP contribution in [0, 0.1) is 5.82 Å². The van der Waals surface area contributed by atoms with E-state index in [2.05, 4.69) is 0 Å². The smallest absolute Gasteiger partial charge is 0.147 e. The molecule has 0 bridgehead atoms. The van der Waals surface area contributed by atoms with Crippen LogP contribution in [0.2, 0.25) is 0 Å². The number of benzene rings is 1. The minimum atomic E-state index is -0.780. The van der Waals surface area contributed by atoms with Crippen LogP contribution in [0.15, 0.2) is 24.3 Å². The topological polar surface area (TPSA) is 25.2 Å². The van der Waals surface area contributed by atoms with Crippen molar-refractivity contribution < 1.29 is 9.50 Å². The normalized spacial score (nSPS) is 12.3. The van der Waals surface area contributed by atoms with Crippen molar-refractivity contribution in [1.29, 1.82) is 0 Å². The van der Waals surface area contributed by atoms with Gasteiger partial charge in [0.15, 0.2) is 0 Å². The summed E-state index contributed by atoms with van der Waals surface area (Å²) in [5.74, 6) is -0.202. The summed E-state index contributed by atoms with van der Waals surface area (Å²) in [7, 11) is 0. The van der Waals surface area contributed by atoms with E-state index in [0.29, 0.717) is 18.5 Å². The van der Waals surface area contributed by atoms with Gasteiger partial charge in [0.2, 0.25) is 0 Å². The van der Waals surface area contributed by atoms with Crippen molar-refractivity contribution >= 4 is 10.9 Å². The number of aliphatic hydroxyl groups is 1. The van der Waals surface area contributed by atoms with Gasteiger partial charge in [-0.25, -0.2) is 4.39 Å². The van der Waals surface area contributed by atoms with Gasteiger partial charge in [0.25, 0.3) is 0 Å². The molecule has 2 aromatic rings. The van der Waals surface area contributed by atoms with E-state index in [1.54, 1.807) is 19.9 Å². The third-order valence-corrected chi connectivity index (χ3v) is 2.89. The molecular formula is C14H18FNO. The molecule has 0 aliphatic carbocycles. The number of aromatic nitrogens is 1. The van der Waals surface area contributed by atoms with E-state index in [1.165, 1.54) is 6.07 Å². The molecule has 0 saturated heterocycles. The lowest BCUT2D eigenvalue weighted by atomic mass is 10.0. The van der Waals surface area contributed by atoms with Crippen LogP contribution in [0.4, 0.5) is 4.39 Å². The summed E-state index contributed by atoms with van der Waals surface area (Å²) < 4.78 is 15.7. The van der Waals surface area contributed by atoms with Crippen LogP contribution in [-0.2, 0) is 13.0 Å². The van der Waals surface area contributed by atoms with Crippen molar-refractivity contribution in [2.24, 2.45) is 0 Å². The van der Waals surface area contributed by atoms with Crippen LogP contribution in [0.25, 0.3) is 10.9 Å². The molecule has 0 saturated carbocycles. The molecule has 0 aliphatic rings. The van der Waals surface area contributed by atoms with Gasteiger partial charge in [-0.1, -0.05) is 12.1 Å². The van der Waals surface area contributed by atoms with Crippen molar-refractivity contribution in [2.75, 3.05) is 0 Å². The van der Waals surface area contributed by atoms with Crippen molar-refractivity contribution in [3.05, 3.63) is 35.8 Å². The zero-order chi connectivity index (χ0) is 12.6. The highest BCUT2D eigenvalue weighted by Gasteiger charge is 2.18. The van der Waals surface area contributed by atoms with Crippen molar-refractivity contribution in [1.82, 2.24) is 4.57 Å². The Bertz CT molecular complexity index is 537. The van der Waals surface area contributed by atoms with Crippen LogP contribution in [0.3, 0.4) is 0 Å². The Morgan fingerprint density at radius 3 is 2.65 bits per heavy atom. The molecule has 92 valence electrons. The molecule has 2 rings (SSSR count). The lowest BCUT2D eigenvalue weighted by Crippen LogP contribution is -2.23. The van der Waals surface area contributed by atoms with E-state index >= 15 is 0 Å². The summed E-state index contributed by atoms with van der Waals surface area (Å²) in [6.45, 7) is 6.22. The molecule has 0 amide bonds. The first-order valence-electron chi connectivity index (χ1n) is 5.91. The standard InChI is InChI=1S/C14H18FNO/c1-4-16-11(9-14(2,3)17)8-10-6-5-7-12(15)13(10)16/h5-8,17H,4,9H2,1-3H3. The average Bonchev–Trinajstić information content (AvgIpc) is 2.53. The van der Waals surface area contributed by atoms with Crippen LogP contribution in [0.1, 0.15) is 26.5 Å². The molecular weight excluding hydrogens is 217 g/mol. The van der Waals surface area contributed by atoms with Crippen LogP contribution in [-0.4, -0.2) is 15.3 Å². The second kappa shape index (κ2) is 4.15. The molecule has 0 radical (unpaired) electrons. The third kappa shape index (κ3) is 2.34. The predicted molar refractivity (Wildman–Crippen MR) is 67.6 cm³/mol. The molecule has 3 heteroatoms. The van der Waals surface area contributed by atoms with Gasteiger partial charge in [-0.2, -0.15) is 0 Å². The van der Waals surface area contributed by atoms with Gasteiger partial charge >= 0.3 is 0 Å². The Hall–Kier alpha value is -1.35. The highest BCUT2D eigenvalue weighted by molar-refractivity contribution is 5.82. The lowest BCUT2D eigenvalue weighted by molar-refractivity contribution is 0.0791. The summed E-state index contributed by atoms with van der Waals surface area (Å²) >= 11 is 0. The molecule has 1 aromatic heterocycles. The number of fused-ring (bicyclic) bond motifs is 1. The SMILES string of the molecule is CCn1c(CC(C)(C)O)cc2cccc(F)c21. The van der Waals surface area contributed by atoms with Crippen LogP contribution in [0.5, 0.6) is 0 Å². The first-order valence-corrected chi connectivity index (χ1v) is 5.91. The number of nitrogens with zero attached hydrogens (tertiary/aromatic N) is 1. The summed E-state index contributed by atoms with van der Waals surface area (Å²) in [5, 5.41) is 10.8. The van der Waals surface area contributed by atoms with E-state index in [9.17, 15) is 9.50 Å². The zero-order valence-electron chi connectivity index (χ0n) is 10.5. The Labute approximate surface area is 101 Å². The maximum Gasteiger partial charge on any atom is 0.147 e. The number of para-hydroxylation sites is 1. The van der Waals surface area contributed by atoms with Gasteiger partial charge < -0.3 is 9.67 Å². The predicted octanol–water partition coefficient (Wildman–Crippen LogP) is 3.11. The fourth-order valence-electron chi connectivity index (χ4n) is 2.29. The molecule has 1 aromatic carbocycles. The molecule has 0 spiro atoms. The summed E-state index contributed by atoms with van der Waals surface area (Å²) in [6, 6.07) is 7.05. The molecule has 1 N–H and O–H groups in total. The van der Waals surface area contributed by atoms with Crippen LogP contribution < -0.4 is 0 Å². The number of aryl methyl sites for hydroxylation is 1. The van der Waals surface area contributed by atoms with E-state index in [-0.39, 0.29) is 5.82 Å². The number of halogens is 1. The van der Waals surface area contributed by atoms with Crippen molar-refractivity contribution in [3.8, 4) is 0 Å². The first-order chi connectivity index (χ1) is 7.92. The molecule has 0 fully saturated rings. The first kappa shape index (κ1) is 12.1. The molecule has 2 nitrogen and oxygen atoms in total. The fourth-order valence-corrected chi connectivity index (χ4v) is 2.29. The highest BCUT2D eigenvalue weighted by Crippen LogP contribution is 2.25. The Morgan fingerprint density at radius 2 is 2.06 bits per heavy atom. The molecule has 0 atom stereocenters. The van der Waals surface area contributed by atoms with Gasteiger partial charge in [-0.3, -0.25) is 0 Å². The molecule has 0 aliphatic heterocycles. The van der Waals surface area contributed by atoms with E-state index < -0.39 is 5.60 Å². The Balaban J connectivity index is 2.61. The van der Waals surface area contributed by atoms with E-state index in [1.807, 2.05) is 23.6 Å². The summed E-state index contributed by atoms with van der Waals surface area (Å²) in [5.41, 5.74) is 0.826. The van der Waals surface area contributed by atoms with Gasteiger partial charge in [0.1, 0.15) is 5.82 Å². The minimum Gasteiger partial charge on any atom is -0.390 e. The maximum atomic E-state index is 13.8. The maximum absolute atomic E-state index is 13.8. The van der Waals surface area contributed by atoms with Crippen molar-refractivity contribution in [2.45, 2.75) is 39.3 Å². The minimum absolute atomic E-state index is 0.202. The third-order valence-electron chi connectivity index (χ3n) is 2.89. The lowest BCUT2D eigenvalue weighted by Gasteiger charge is -2.18. The monoisotopic (exact) mass is 235 g/mol. The van der Waals surface area contributed by atoms with E-state index in [4.69, 9.17) is 0 Å². The number of rotatable bonds is 3.